The SMILES string of the molecule is CC(C)(C)CC(=O)N1CCCC1C(=O)NCCc1ccc(C(=O)O)cc1. The summed E-state index contributed by atoms with van der Waals surface area (Å²) in [6.45, 7) is 7.16. The summed E-state index contributed by atoms with van der Waals surface area (Å²) in [5.74, 6) is -1.02. The highest BCUT2D eigenvalue weighted by Gasteiger charge is 2.35. The van der Waals surface area contributed by atoms with Crippen LogP contribution in [-0.4, -0.2) is 46.9 Å². The van der Waals surface area contributed by atoms with Crippen LogP contribution in [0.1, 0.15) is 56.0 Å². The number of likely N-dealkylation sites (tertiary alicyclic amines) is 1. The molecule has 1 heterocycles. The first-order chi connectivity index (χ1) is 12.2. The smallest absolute Gasteiger partial charge is 0.335 e. The molecule has 26 heavy (non-hydrogen) atoms. The molecule has 0 bridgehead atoms. The van der Waals surface area contributed by atoms with E-state index in [0.717, 1.165) is 12.0 Å². The number of nitrogens with zero attached hydrogens (tertiary/aromatic N) is 1. The van der Waals surface area contributed by atoms with E-state index in [0.29, 0.717) is 32.4 Å². The van der Waals surface area contributed by atoms with Gasteiger partial charge in [-0.05, 0) is 42.4 Å². The van der Waals surface area contributed by atoms with Gasteiger partial charge in [-0.2, -0.15) is 0 Å². The number of rotatable bonds is 6. The van der Waals surface area contributed by atoms with Gasteiger partial charge in [0.2, 0.25) is 11.8 Å². The summed E-state index contributed by atoms with van der Waals surface area (Å²) in [6.07, 6.45) is 2.61. The van der Waals surface area contributed by atoms with Crippen molar-refractivity contribution in [3.8, 4) is 0 Å². The standard InChI is InChI=1S/C20H28N2O4/c1-20(2,3)13-17(23)22-12-4-5-16(22)18(24)21-11-10-14-6-8-15(9-7-14)19(25)26/h6-9,16H,4-5,10-13H2,1-3H3,(H,21,24)(H,25,26). The van der Waals surface area contributed by atoms with E-state index in [1.54, 1.807) is 29.2 Å². The summed E-state index contributed by atoms with van der Waals surface area (Å²) < 4.78 is 0. The molecular formula is C20H28N2O4. The molecule has 0 aromatic heterocycles. The van der Waals surface area contributed by atoms with E-state index in [9.17, 15) is 14.4 Å². The molecule has 1 aliphatic heterocycles. The number of benzene rings is 1. The highest BCUT2D eigenvalue weighted by molar-refractivity contribution is 5.88. The second kappa shape index (κ2) is 8.34. The van der Waals surface area contributed by atoms with Crippen molar-refractivity contribution in [2.45, 2.75) is 52.5 Å². The molecule has 2 N–H and O–H groups in total. The van der Waals surface area contributed by atoms with Crippen molar-refractivity contribution in [1.29, 1.82) is 0 Å². The molecule has 0 aliphatic carbocycles. The minimum absolute atomic E-state index is 0.0411. The van der Waals surface area contributed by atoms with E-state index < -0.39 is 5.97 Å². The first-order valence-electron chi connectivity index (χ1n) is 9.07. The zero-order valence-electron chi connectivity index (χ0n) is 15.7. The van der Waals surface area contributed by atoms with Gasteiger partial charge >= 0.3 is 5.97 Å². The minimum Gasteiger partial charge on any atom is -0.478 e. The lowest BCUT2D eigenvalue weighted by Crippen LogP contribution is -2.47. The Labute approximate surface area is 154 Å². The Hall–Kier alpha value is -2.37. The Morgan fingerprint density at radius 1 is 1.19 bits per heavy atom. The molecular weight excluding hydrogens is 332 g/mol. The Morgan fingerprint density at radius 3 is 2.42 bits per heavy atom. The molecule has 6 heteroatoms. The second-order valence-electron chi connectivity index (χ2n) is 8.03. The van der Waals surface area contributed by atoms with E-state index >= 15 is 0 Å². The normalized spacial score (nSPS) is 17.2. The summed E-state index contributed by atoms with van der Waals surface area (Å²) in [4.78, 5) is 37.5. The fourth-order valence-electron chi connectivity index (χ4n) is 3.15. The number of hydrogen-bond donors (Lipinski definition) is 2. The van der Waals surface area contributed by atoms with Crippen molar-refractivity contribution in [1.82, 2.24) is 10.2 Å². The van der Waals surface area contributed by atoms with Gasteiger partial charge in [-0.1, -0.05) is 32.9 Å². The Kier molecular flexibility index (Phi) is 6.40. The van der Waals surface area contributed by atoms with Crippen LogP contribution in [0.2, 0.25) is 0 Å². The van der Waals surface area contributed by atoms with Gasteiger partial charge in [-0.3, -0.25) is 9.59 Å². The summed E-state index contributed by atoms with van der Waals surface area (Å²) in [5, 5.41) is 11.8. The molecule has 1 saturated heterocycles. The Balaban J connectivity index is 1.84. The highest BCUT2D eigenvalue weighted by atomic mass is 16.4. The third-order valence-electron chi connectivity index (χ3n) is 4.47. The number of aromatic carboxylic acids is 1. The van der Waals surface area contributed by atoms with Crippen molar-refractivity contribution in [3.05, 3.63) is 35.4 Å². The van der Waals surface area contributed by atoms with E-state index in [4.69, 9.17) is 5.11 Å². The quantitative estimate of drug-likeness (QED) is 0.816. The molecule has 1 aromatic carbocycles. The molecule has 6 nitrogen and oxygen atoms in total. The lowest BCUT2D eigenvalue weighted by atomic mass is 9.91. The van der Waals surface area contributed by atoms with Crippen molar-refractivity contribution in [2.24, 2.45) is 5.41 Å². The average molecular weight is 360 g/mol. The fourth-order valence-corrected chi connectivity index (χ4v) is 3.15. The Bertz CT molecular complexity index is 661. The largest absolute Gasteiger partial charge is 0.478 e. The third-order valence-corrected chi connectivity index (χ3v) is 4.47. The third kappa shape index (κ3) is 5.58. The first-order valence-corrected chi connectivity index (χ1v) is 9.07. The number of carbonyl (C=O) groups excluding carboxylic acids is 2. The van der Waals surface area contributed by atoms with Crippen LogP contribution in [0.3, 0.4) is 0 Å². The number of hydrogen-bond acceptors (Lipinski definition) is 3. The second-order valence-corrected chi connectivity index (χ2v) is 8.03. The monoisotopic (exact) mass is 360 g/mol. The van der Waals surface area contributed by atoms with Crippen LogP contribution in [-0.2, 0) is 16.0 Å². The number of carboxylic acids is 1. The lowest BCUT2D eigenvalue weighted by Gasteiger charge is -2.27. The van der Waals surface area contributed by atoms with E-state index in [1.165, 1.54) is 0 Å². The molecule has 1 aromatic rings. The van der Waals surface area contributed by atoms with Gasteiger partial charge in [0.25, 0.3) is 0 Å². The molecule has 1 unspecified atom stereocenters. The van der Waals surface area contributed by atoms with Crippen LogP contribution < -0.4 is 5.32 Å². The fraction of sp³-hybridized carbons (Fsp3) is 0.550. The van der Waals surface area contributed by atoms with Crippen molar-refractivity contribution in [3.63, 3.8) is 0 Å². The van der Waals surface area contributed by atoms with Crippen LogP contribution in [0.5, 0.6) is 0 Å². The van der Waals surface area contributed by atoms with E-state index in [1.807, 2.05) is 20.8 Å². The molecule has 2 rings (SSSR count). The van der Waals surface area contributed by atoms with Crippen LogP contribution in [0.25, 0.3) is 0 Å². The number of carbonyl (C=O) groups is 3. The molecule has 1 atom stereocenters. The predicted octanol–water partition coefficient (Wildman–Crippen LogP) is 2.47. The van der Waals surface area contributed by atoms with Gasteiger partial charge in [0.15, 0.2) is 0 Å². The molecule has 1 fully saturated rings. The van der Waals surface area contributed by atoms with Gasteiger partial charge in [-0.15, -0.1) is 0 Å². The molecule has 2 amide bonds. The van der Waals surface area contributed by atoms with E-state index in [-0.39, 0.29) is 28.8 Å². The van der Waals surface area contributed by atoms with Crippen LogP contribution >= 0.6 is 0 Å². The zero-order chi connectivity index (χ0) is 19.3. The van der Waals surface area contributed by atoms with Gasteiger partial charge in [0, 0.05) is 19.5 Å². The van der Waals surface area contributed by atoms with Crippen LogP contribution in [0.4, 0.5) is 0 Å². The number of nitrogens with one attached hydrogen (secondary N) is 1. The maximum Gasteiger partial charge on any atom is 0.335 e. The van der Waals surface area contributed by atoms with Crippen LogP contribution in [0, 0.1) is 5.41 Å². The van der Waals surface area contributed by atoms with Crippen LogP contribution in [0.15, 0.2) is 24.3 Å². The Morgan fingerprint density at radius 2 is 1.85 bits per heavy atom. The molecule has 0 saturated carbocycles. The van der Waals surface area contributed by atoms with Gasteiger partial charge in [0.1, 0.15) is 6.04 Å². The highest BCUT2D eigenvalue weighted by Crippen LogP contribution is 2.24. The number of amides is 2. The van der Waals surface area contributed by atoms with Gasteiger partial charge in [-0.25, -0.2) is 4.79 Å². The molecule has 1 aliphatic rings. The number of carboxylic acid groups (broad SMARTS) is 1. The maximum absolute atomic E-state index is 12.5. The van der Waals surface area contributed by atoms with Gasteiger partial charge < -0.3 is 15.3 Å². The lowest BCUT2D eigenvalue weighted by molar-refractivity contribution is -0.139. The summed E-state index contributed by atoms with van der Waals surface area (Å²) in [6, 6.07) is 6.25. The van der Waals surface area contributed by atoms with Crippen molar-refractivity contribution in [2.75, 3.05) is 13.1 Å². The predicted molar refractivity (Wildman–Crippen MR) is 98.9 cm³/mol. The minimum atomic E-state index is -0.953. The van der Waals surface area contributed by atoms with Crippen molar-refractivity contribution >= 4 is 17.8 Å². The maximum atomic E-state index is 12.5. The summed E-state index contributed by atoms with van der Waals surface area (Å²) in [7, 11) is 0. The van der Waals surface area contributed by atoms with E-state index in [2.05, 4.69) is 5.32 Å². The van der Waals surface area contributed by atoms with Gasteiger partial charge in [0.05, 0.1) is 5.56 Å². The van der Waals surface area contributed by atoms with Crippen molar-refractivity contribution < 1.29 is 19.5 Å². The molecule has 0 radical (unpaired) electrons. The first kappa shape index (κ1) is 19.9. The summed E-state index contributed by atoms with van der Waals surface area (Å²) >= 11 is 0. The molecule has 0 spiro atoms. The zero-order valence-corrected chi connectivity index (χ0v) is 15.7. The average Bonchev–Trinajstić information content (AvgIpc) is 3.03. The topological polar surface area (TPSA) is 86.7 Å². The summed E-state index contributed by atoms with van der Waals surface area (Å²) in [5.41, 5.74) is 1.11. The molecule has 142 valence electrons.